The maximum absolute atomic E-state index is 11.4. The summed E-state index contributed by atoms with van der Waals surface area (Å²) in [5.41, 5.74) is 4.87. The number of fused-ring (bicyclic) bond motifs is 2. The lowest BCUT2D eigenvalue weighted by molar-refractivity contribution is -0.127. The van der Waals surface area contributed by atoms with E-state index in [1.54, 1.807) is 6.92 Å². The first-order chi connectivity index (χ1) is 6.01. The summed E-state index contributed by atoms with van der Waals surface area (Å²) in [5, 5.41) is 0. The van der Waals surface area contributed by atoms with Crippen molar-refractivity contribution < 1.29 is 9.59 Å². The first kappa shape index (κ1) is 8.73. The monoisotopic (exact) mass is 181 g/mol. The Morgan fingerprint density at radius 2 is 1.54 bits per heavy atom. The average molecular weight is 181 g/mol. The van der Waals surface area contributed by atoms with Crippen molar-refractivity contribution in [2.24, 2.45) is 16.6 Å². The fourth-order valence-corrected chi connectivity index (χ4v) is 3.02. The van der Waals surface area contributed by atoms with Gasteiger partial charge >= 0.3 is 0 Å². The van der Waals surface area contributed by atoms with Crippen molar-refractivity contribution in [3.63, 3.8) is 0 Å². The van der Waals surface area contributed by atoms with Crippen LogP contribution < -0.4 is 5.73 Å². The lowest BCUT2D eigenvalue weighted by Crippen LogP contribution is -2.32. The molecule has 2 fully saturated rings. The van der Waals surface area contributed by atoms with Crippen molar-refractivity contribution in [1.29, 1.82) is 0 Å². The molecule has 2 rings (SSSR count). The molecule has 0 spiro atoms. The fraction of sp³-hybridized carbons (Fsp3) is 0.800. The molecule has 2 bridgehead atoms. The van der Waals surface area contributed by atoms with E-state index in [9.17, 15) is 9.59 Å². The number of primary amides is 1. The normalized spacial score (nSPS) is 42.2. The molecule has 2 saturated carbocycles. The van der Waals surface area contributed by atoms with E-state index in [1.165, 1.54) is 0 Å². The molecular weight excluding hydrogens is 166 g/mol. The Bertz CT molecular complexity index is 247. The molecule has 0 aliphatic heterocycles. The Morgan fingerprint density at radius 1 is 1.08 bits per heavy atom. The molecule has 0 unspecified atom stereocenters. The topological polar surface area (TPSA) is 60.2 Å². The number of hydrogen-bond acceptors (Lipinski definition) is 2. The first-order valence-electron chi connectivity index (χ1n) is 4.82. The molecule has 1 amide bonds. The highest BCUT2D eigenvalue weighted by atomic mass is 16.1. The van der Waals surface area contributed by atoms with Crippen LogP contribution in [-0.4, -0.2) is 11.7 Å². The molecular formula is C10H15NO2. The molecule has 3 nitrogen and oxygen atoms in total. The van der Waals surface area contributed by atoms with Crippen molar-refractivity contribution in [2.75, 3.05) is 0 Å². The maximum atomic E-state index is 11.4. The number of rotatable bonds is 2. The lowest BCUT2D eigenvalue weighted by Gasteiger charge is -2.23. The van der Waals surface area contributed by atoms with E-state index >= 15 is 0 Å². The van der Waals surface area contributed by atoms with Crippen LogP contribution in [0.2, 0.25) is 0 Å². The van der Waals surface area contributed by atoms with Gasteiger partial charge in [0, 0.05) is 10.8 Å². The van der Waals surface area contributed by atoms with Gasteiger partial charge in [-0.15, -0.1) is 0 Å². The van der Waals surface area contributed by atoms with Crippen LogP contribution in [0.3, 0.4) is 0 Å². The molecule has 72 valence electrons. The second-order valence-electron chi connectivity index (χ2n) is 4.66. The fourth-order valence-electron chi connectivity index (χ4n) is 3.02. The van der Waals surface area contributed by atoms with E-state index in [2.05, 4.69) is 0 Å². The van der Waals surface area contributed by atoms with Crippen LogP contribution in [0, 0.1) is 10.8 Å². The smallest absolute Gasteiger partial charge is 0.223 e. The molecule has 0 aromatic rings. The molecule has 3 heteroatoms. The summed E-state index contributed by atoms with van der Waals surface area (Å²) >= 11 is 0. The second kappa shape index (κ2) is 2.34. The van der Waals surface area contributed by atoms with Gasteiger partial charge in [-0.25, -0.2) is 0 Å². The van der Waals surface area contributed by atoms with Gasteiger partial charge < -0.3 is 5.73 Å². The Hall–Kier alpha value is -0.860. The Morgan fingerprint density at radius 3 is 1.77 bits per heavy atom. The quantitative estimate of drug-likeness (QED) is 0.691. The third-order valence-electron chi connectivity index (χ3n) is 4.11. The Kier molecular flexibility index (Phi) is 1.57. The third kappa shape index (κ3) is 0.960. The molecule has 2 aliphatic rings. The zero-order chi connectivity index (χ0) is 9.69. The van der Waals surface area contributed by atoms with Crippen LogP contribution in [0.1, 0.15) is 39.0 Å². The van der Waals surface area contributed by atoms with Crippen molar-refractivity contribution in [1.82, 2.24) is 0 Å². The summed E-state index contributed by atoms with van der Waals surface area (Å²) < 4.78 is 0. The number of hydrogen-bond donors (Lipinski definition) is 1. The van der Waals surface area contributed by atoms with E-state index in [4.69, 9.17) is 5.73 Å². The summed E-state index contributed by atoms with van der Waals surface area (Å²) in [5.74, 6) is 0.0428. The van der Waals surface area contributed by atoms with E-state index in [-0.39, 0.29) is 22.5 Å². The second-order valence-corrected chi connectivity index (χ2v) is 4.66. The predicted octanol–water partition coefficient (Wildman–Crippen LogP) is 1.01. The summed E-state index contributed by atoms with van der Waals surface area (Å²) in [6, 6.07) is 0. The van der Waals surface area contributed by atoms with Gasteiger partial charge in [0.2, 0.25) is 5.91 Å². The van der Waals surface area contributed by atoms with Crippen molar-refractivity contribution in [3.05, 3.63) is 0 Å². The zero-order valence-corrected chi connectivity index (χ0v) is 7.93. The van der Waals surface area contributed by atoms with Crippen LogP contribution in [0.15, 0.2) is 0 Å². The molecule has 2 N–H and O–H groups in total. The molecule has 0 atom stereocenters. The van der Waals surface area contributed by atoms with Crippen molar-refractivity contribution >= 4 is 11.7 Å². The van der Waals surface area contributed by atoms with E-state index in [1.807, 2.05) is 0 Å². The van der Waals surface area contributed by atoms with Crippen LogP contribution in [0.5, 0.6) is 0 Å². The molecule has 0 radical (unpaired) electrons. The molecule has 0 aromatic heterocycles. The van der Waals surface area contributed by atoms with Crippen molar-refractivity contribution in [2.45, 2.75) is 39.0 Å². The Balaban J connectivity index is 2.29. The molecule has 0 saturated heterocycles. The van der Waals surface area contributed by atoms with E-state index in [0.717, 1.165) is 25.7 Å². The molecule has 2 aliphatic carbocycles. The summed E-state index contributed by atoms with van der Waals surface area (Å²) in [7, 11) is 0. The summed E-state index contributed by atoms with van der Waals surface area (Å²) in [6.45, 7) is 1.64. The van der Waals surface area contributed by atoms with Crippen LogP contribution in [0.25, 0.3) is 0 Å². The standard InChI is InChI=1S/C10H15NO2/c1-7(12)9-2-4-10(6-9,5-3-9)8(11)13/h2-6H2,1H3,(H2,11,13). The van der Waals surface area contributed by atoms with Gasteiger partial charge in [0.15, 0.2) is 0 Å². The van der Waals surface area contributed by atoms with E-state index in [0.29, 0.717) is 6.42 Å². The number of carbonyl (C=O) groups is 2. The minimum absolute atomic E-state index is 0.185. The van der Waals surface area contributed by atoms with Gasteiger partial charge in [-0.2, -0.15) is 0 Å². The molecule has 13 heavy (non-hydrogen) atoms. The van der Waals surface area contributed by atoms with Gasteiger partial charge in [0.1, 0.15) is 5.78 Å². The molecule has 0 heterocycles. The first-order valence-corrected chi connectivity index (χ1v) is 4.82. The van der Waals surface area contributed by atoms with Gasteiger partial charge in [-0.1, -0.05) is 0 Å². The average Bonchev–Trinajstić information content (AvgIpc) is 2.61. The van der Waals surface area contributed by atoms with E-state index < -0.39 is 0 Å². The summed E-state index contributed by atoms with van der Waals surface area (Å²) in [4.78, 5) is 22.7. The predicted molar refractivity (Wildman–Crippen MR) is 47.8 cm³/mol. The molecule has 0 aromatic carbocycles. The SMILES string of the molecule is CC(=O)C12CCC(C(N)=O)(CC1)C2. The van der Waals surface area contributed by atoms with Crippen LogP contribution in [-0.2, 0) is 9.59 Å². The summed E-state index contributed by atoms with van der Waals surface area (Å²) in [6.07, 6.45) is 4.09. The van der Waals surface area contributed by atoms with Gasteiger partial charge in [-0.3, -0.25) is 9.59 Å². The van der Waals surface area contributed by atoms with Crippen molar-refractivity contribution in [3.8, 4) is 0 Å². The number of Topliss-reactive ketones (excluding diaryl/α,β-unsaturated/α-hetero) is 1. The van der Waals surface area contributed by atoms with Gasteiger partial charge in [-0.05, 0) is 39.0 Å². The highest BCUT2D eigenvalue weighted by molar-refractivity contribution is 5.88. The Labute approximate surface area is 77.7 Å². The minimum Gasteiger partial charge on any atom is -0.369 e. The number of carbonyl (C=O) groups excluding carboxylic acids is 2. The lowest BCUT2D eigenvalue weighted by atomic mass is 9.80. The number of ketones is 1. The zero-order valence-electron chi connectivity index (χ0n) is 7.93. The highest BCUT2D eigenvalue weighted by Gasteiger charge is 2.59. The number of nitrogens with two attached hydrogens (primary N) is 1. The maximum Gasteiger partial charge on any atom is 0.223 e. The number of amides is 1. The highest BCUT2D eigenvalue weighted by Crippen LogP contribution is 2.61. The largest absolute Gasteiger partial charge is 0.369 e. The minimum atomic E-state index is -0.328. The van der Waals surface area contributed by atoms with Crippen LogP contribution in [0.4, 0.5) is 0 Å². The third-order valence-corrected chi connectivity index (χ3v) is 4.11. The van der Waals surface area contributed by atoms with Crippen LogP contribution >= 0.6 is 0 Å². The van der Waals surface area contributed by atoms with Gasteiger partial charge in [0.25, 0.3) is 0 Å². The van der Waals surface area contributed by atoms with Gasteiger partial charge in [0.05, 0.1) is 0 Å².